The zero-order chi connectivity index (χ0) is 13.4. The lowest BCUT2D eigenvalue weighted by Crippen LogP contribution is -2.31. The molecule has 0 bridgehead atoms. The fourth-order valence-electron chi connectivity index (χ4n) is 2.10. The van der Waals surface area contributed by atoms with Gasteiger partial charge in [-0.1, -0.05) is 33.1 Å². The molecule has 0 saturated carbocycles. The summed E-state index contributed by atoms with van der Waals surface area (Å²) in [6.07, 6.45) is 7.58. The molecule has 0 aliphatic heterocycles. The first-order valence-corrected chi connectivity index (χ1v) is 8.15. The number of rotatable bonds is 9. The van der Waals surface area contributed by atoms with Gasteiger partial charge in [0.25, 0.3) is 0 Å². The minimum Gasteiger partial charge on any atom is -0.314 e. The van der Waals surface area contributed by atoms with Gasteiger partial charge in [-0.2, -0.15) is 0 Å². The quantitative estimate of drug-likeness (QED) is 0.677. The van der Waals surface area contributed by atoms with Crippen LogP contribution in [0.4, 0.5) is 0 Å². The molecule has 0 fully saturated rings. The van der Waals surface area contributed by atoms with E-state index in [-0.39, 0.29) is 0 Å². The Kier molecular flexibility index (Phi) is 7.52. The van der Waals surface area contributed by atoms with E-state index in [9.17, 15) is 0 Å². The Labute approximate surface area is 116 Å². The Morgan fingerprint density at radius 2 is 1.94 bits per heavy atom. The Bertz CT molecular complexity index is 314. The van der Waals surface area contributed by atoms with Gasteiger partial charge >= 0.3 is 0 Å². The summed E-state index contributed by atoms with van der Waals surface area (Å²) in [6, 6.07) is 0.612. The van der Waals surface area contributed by atoms with Crippen LogP contribution >= 0.6 is 11.3 Å². The van der Waals surface area contributed by atoms with E-state index in [4.69, 9.17) is 0 Å². The van der Waals surface area contributed by atoms with Crippen LogP contribution in [0.3, 0.4) is 0 Å². The van der Waals surface area contributed by atoms with Crippen molar-refractivity contribution in [1.82, 2.24) is 10.3 Å². The van der Waals surface area contributed by atoms with E-state index in [1.807, 2.05) is 11.3 Å². The molecule has 1 aromatic rings. The highest BCUT2D eigenvalue weighted by Crippen LogP contribution is 2.19. The van der Waals surface area contributed by atoms with Crippen molar-refractivity contribution in [2.75, 3.05) is 6.54 Å². The predicted octanol–water partition coefficient (Wildman–Crippen LogP) is 4.25. The average Bonchev–Trinajstić information content (AvgIpc) is 2.65. The van der Waals surface area contributed by atoms with Crippen LogP contribution in [0.5, 0.6) is 0 Å². The molecule has 1 rings (SSSR count). The molecule has 1 aromatic heterocycles. The Balaban J connectivity index is 2.48. The van der Waals surface area contributed by atoms with Gasteiger partial charge in [-0.25, -0.2) is 4.98 Å². The van der Waals surface area contributed by atoms with Crippen LogP contribution in [0.1, 0.15) is 61.5 Å². The number of nitrogens with zero attached hydrogens (tertiary/aromatic N) is 1. The highest BCUT2D eigenvalue weighted by molar-refractivity contribution is 7.11. The van der Waals surface area contributed by atoms with Crippen molar-refractivity contribution in [2.45, 2.75) is 72.3 Å². The molecule has 3 heteroatoms. The SMILES string of the molecule is CCCCCC(Cc1nc(C)c(C)s1)NCCC. The molecule has 1 N–H and O–H groups in total. The van der Waals surface area contributed by atoms with E-state index in [2.05, 4.69) is 38.0 Å². The number of aryl methyl sites for hydroxylation is 2. The fourth-order valence-corrected chi connectivity index (χ4v) is 3.12. The van der Waals surface area contributed by atoms with Crippen LogP contribution in [0.25, 0.3) is 0 Å². The summed E-state index contributed by atoms with van der Waals surface area (Å²) in [4.78, 5) is 6.03. The van der Waals surface area contributed by atoms with Gasteiger partial charge in [-0.3, -0.25) is 0 Å². The minimum atomic E-state index is 0.612. The standard InChI is InChI=1S/C15H28N2S/c1-5-7-8-9-14(16-10-6-2)11-15-17-12(3)13(4)18-15/h14,16H,5-11H2,1-4H3. The monoisotopic (exact) mass is 268 g/mol. The molecule has 2 nitrogen and oxygen atoms in total. The number of hydrogen-bond donors (Lipinski definition) is 1. The minimum absolute atomic E-state index is 0.612. The molecule has 0 amide bonds. The van der Waals surface area contributed by atoms with E-state index < -0.39 is 0 Å². The summed E-state index contributed by atoms with van der Waals surface area (Å²) < 4.78 is 0. The highest BCUT2D eigenvalue weighted by Gasteiger charge is 2.12. The van der Waals surface area contributed by atoms with Gasteiger partial charge in [-0.05, 0) is 33.2 Å². The van der Waals surface area contributed by atoms with E-state index in [1.54, 1.807) is 0 Å². The maximum atomic E-state index is 4.66. The van der Waals surface area contributed by atoms with E-state index >= 15 is 0 Å². The summed E-state index contributed by atoms with van der Waals surface area (Å²) >= 11 is 1.86. The molecule has 1 unspecified atom stereocenters. The first-order chi connectivity index (χ1) is 8.67. The maximum Gasteiger partial charge on any atom is 0.0946 e. The van der Waals surface area contributed by atoms with Crippen LogP contribution in [-0.4, -0.2) is 17.6 Å². The van der Waals surface area contributed by atoms with Crippen LogP contribution in [0.15, 0.2) is 0 Å². The van der Waals surface area contributed by atoms with E-state index in [0.717, 1.165) is 13.0 Å². The second-order valence-electron chi connectivity index (χ2n) is 5.10. The van der Waals surface area contributed by atoms with Crippen molar-refractivity contribution in [3.63, 3.8) is 0 Å². The molecule has 0 radical (unpaired) electrons. The molecule has 18 heavy (non-hydrogen) atoms. The molecule has 0 aliphatic rings. The number of thiazole rings is 1. The van der Waals surface area contributed by atoms with Crippen molar-refractivity contribution < 1.29 is 0 Å². The third kappa shape index (κ3) is 5.49. The zero-order valence-corrected chi connectivity index (χ0v) is 13.2. The molecule has 104 valence electrons. The number of aromatic nitrogens is 1. The lowest BCUT2D eigenvalue weighted by Gasteiger charge is -2.17. The van der Waals surface area contributed by atoms with Crippen LogP contribution in [-0.2, 0) is 6.42 Å². The predicted molar refractivity (Wildman–Crippen MR) is 81.5 cm³/mol. The summed E-state index contributed by atoms with van der Waals surface area (Å²) in [5.74, 6) is 0. The molecular formula is C15H28N2S. The lowest BCUT2D eigenvalue weighted by atomic mass is 10.1. The number of hydrogen-bond acceptors (Lipinski definition) is 3. The fraction of sp³-hybridized carbons (Fsp3) is 0.800. The van der Waals surface area contributed by atoms with Gasteiger partial charge in [0.15, 0.2) is 0 Å². The summed E-state index contributed by atoms with van der Waals surface area (Å²) in [7, 11) is 0. The smallest absolute Gasteiger partial charge is 0.0946 e. The molecule has 1 heterocycles. The van der Waals surface area contributed by atoms with Gasteiger partial charge in [-0.15, -0.1) is 11.3 Å². The third-order valence-corrected chi connectivity index (χ3v) is 4.43. The van der Waals surface area contributed by atoms with Gasteiger partial charge in [0.05, 0.1) is 10.7 Å². The molecule has 1 atom stereocenters. The number of nitrogens with one attached hydrogen (secondary N) is 1. The molecule has 0 aliphatic carbocycles. The topological polar surface area (TPSA) is 24.9 Å². The normalized spacial score (nSPS) is 12.9. The van der Waals surface area contributed by atoms with Crippen LogP contribution in [0.2, 0.25) is 0 Å². The van der Waals surface area contributed by atoms with Crippen LogP contribution < -0.4 is 5.32 Å². The van der Waals surface area contributed by atoms with Crippen molar-refractivity contribution in [2.24, 2.45) is 0 Å². The highest BCUT2D eigenvalue weighted by atomic mass is 32.1. The number of unbranched alkanes of at least 4 members (excludes halogenated alkanes) is 2. The van der Waals surface area contributed by atoms with Crippen LogP contribution in [0, 0.1) is 13.8 Å². The van der Waals surface area contributed by atoms with E-state index in [1.165, 1.54) is 47.7 Å². The maximum absolute atomic E-state index is 4.66. The van der Waals surface area contributed by atoms with E-state index in [0.29, 0.717) is 6.04 Å². The summed E-state index contributed by atoms with van der Waals surface area (Å²) in [6.45, 7) is 9.90. The molecular weight excluding hydrogens is 240 g/mol. The first-order valence-electron chi connectivity index (χ1n) is 7.33. The second kappa shape index (κ2) is 8.65. The Morgan fingerprint density at radius 1 is 1.17 bits per heavy atom. The van der Waals surface area contributed by atoms with Crippen molar-refractivity contribution in [3.8, 4) is 0 Å². The summed E-state index contributed by atoms with van der Waals surface area (Å²) in [5.41, 5.74) is 1.21. The van der Waals surface area contributed by atoms with Crippen molar-refractivity contribution in [1.29, 1.82) is 0 Å². The van der Waals surface area contributed by atoms with Gasteiger partial charge in [0.2, 0.25) is 0 Å². The summed E-state index contributed by atoms with van der Waals surface area (Å²) in [5, 5.41) is 4.97. The molecule has 0 saturated heterocycles. The zero-order valence-electron chi connectivity index (χ0n) is 12.4. The average molecular weight is 268 g/mol. The van der Waals surface area contributed by atoms with Gasteiger partial charge < -0.3 is 5.32 Å². The van der Waals surface area contributed by atoms with Crippen molar-refractivity contribution >= 4 is 11.3 Å². The second-order valence-corrected chi connectivity index (χ2v) is 6.39. The van der Waals surface area contributed by atoms with Gasteiger partial charge in [0, 0.05) is 17.3 Å². The largest absolute Gasteiger partial charge is 0.314 e. The lowest BCUT2D eigenvalue weighted by molar-refractivity contribution is 0.455. The first kappa shape index (κ1) is 15.6. The van der Waals surface area contributed by atoms with Crippen molar-refractivity contribution in [3.05, 3.63) is 15.6 Å². The molecule has 0 aromatic carbocycles. The Morgan fingerprint density at radius 3 is 2.50 bits per heavy atom. The molecule has 0 spiro atoms. The third-order valence-electron chi connectivity index (χ3n) is 3.33. The Hall–Kier alpha value is -0.410. The van der Waals surface area contributed by atoms with Gasteiger partial charge in [0.1, 0.15) is 0 Å².